The molecule has 0 aliphatic carbocycles. The summed E-state index contributed by atoms with van der Waals surface area (Å²) in [5.74, 6) is -0.751. The van der Waals surface area contributed by atoms with Crippen molar-refractivity contribution in [1.82, 2.24) is 9.80 Å². The highest BCUT2D eigenvalue weighted by Gasteiger charge is 2.45. The maximum atomic E-state index is 13.1. The molecule has 1 heterocycles. The minimum atomic E-state index is -0.664. The summed E-state index contributed by atoms with van der Waals surface area (Å²) in [4.78, 5) is 30.0. The molecule has 1 fully saturated rings. The Bertz CT molecular complexity index is 993. The molecule has 3 rings (SSSR count). The number of ether oxygens (including phenoxy) is 1. The molecule has 6 nitrogen and oxygen atoms in total. The summed E-state index contributed by atoms with van der Waals surface area (Å²) < 4.78 is 5.36. The van der Waals surface area contributed by atoms with Gasteiger partial charge in [-0.1, -0.05) is 55.8 Å². The third-order valence-corrected chi connectivity index (χ3v) is 6.04. The normalized spacial score (nSPS) is 17.9. The molecule has 6 heteroatoms. The number of likely N-dealkylation sites (tertiary alicyclic amines) is 1. The minimum absolute atomic E-state index is 0.120. The van der Waals surface area contributed by atoms with E-state index in [2.05, 4.69) is 18.7 Å². The maximum absolute atomic E-state index is 13.1. The molecular formula is C26H32N2O4. The largest absolute Gasteiger partial charge is 0.507 e. The molecule has 1 unspecified atom stereocenters. The Balaban J connectivity index is 2.04. The molecule has 32 heavy (non-hydrogen) atoms. The summed E-state index contributed by atoms with van der Waals surface area (Å²) in [5, 5.41) is 11.1. The van der Waals surface area contributed by atoms with Gasteiger partial charge in [0.2, 0.25) is 0 Å². The van der Waals surface area contributed by atoms with E-state index in [1.165, 1.54) is 0 Å². The molecule has 2 aromatic rings. The van der Waals surface area contributed by atoms with Crippen LogP contribution in [0.3, 0.4) is 0 Å². The van der Waals surface area contributed by atoms with Crippen LogP contribution in [-0.4, -0.2) is 59.9 Å². The first-order valence-electron chi connectivity index (χ1n) is 11.1. The van der Waals surface area contributed by atoms with Gasteiger partial charge in [-0.25, -0.2) is 0 Å². The number of aliphatic hydroxyl groups excluding tert-OH is 1. The van der Waals surface area contributed by atoms with Gasteiger partial charge in [0.05, 0.1) is 18.7 Å². The van der Waals surface area contributed by atoms with Crippen molar-refractivity contribution in [1.29, 1.82) is 0 Å². The number of Topliss-reactive ketones (excluding diaryl/α,β-unsaturated/α-hetero) is 1. The zero-order valence-corrected chi connectivity index (χ0v) is 19.3. The van der Waals surface area contributed by atoms with Gasteiger partial charge in [-0.2, -0.15) is 0 Å². The number of aryl methyl sites for hydroxylation is 1. The fraction of sp³-hybridized carbons (Fsp3) is 0.385. The van der Waals surface area contributed by atoms with Crippen molar-refractivity contribution in [3.63, 3.8) is 0 Å². The average Bonchev–Trinajstić information content (AvgIpc) is 3.07. The first-order valence-corrected chi connectivity index (χ1v) is 11.1. The van der Waals surface area contributed by atoms with Gasteiger partial charge in [0, 0.05) is 12.1 Å². The zero-order valence-electron chi connectivity index (χ0n) is 19.3. The number of hydrogen-bond acceptors (Lipinski definition) is 5. The van der Waals surface area contributed by atoms with E-state index in [0.29, 0.717) is 17.9 Å². The van der Waals surface area contributed by atoms with Crippen molar-refractivity contribution in [2.75, 3.05) is 33.3 Å². The molecule has 1 N–H and O–H groups in total. The molecule has 0 spiro atoms. The smallest absolute Gasteiger partial charge is 0.295 e. The molecule has 0 bridgehead atoms. The highest BCUT2D eigenvalue weighted by Crippen LogP contribution is 2.40. The average molecular weight is 437 g/mol. The van der Waals surface area contributed by atoms with Gasteiger partial charge in [-0.15, -0.1) is 0 Å². The quantitative estimate of drug-likeness (QED) is 0.363. The van der Waals surface area contributed by atoms with E-state index in [1.54, 1.807) is 24.1 Å². The van der Waals surface area contributed by atoms with Crippen LogP contribution in [0.5, 0.6) is 5.75 Å². The van der Waals surface area contributed by atoms with Crippen LogP contribution in [0.25, 0.3) is 5.76 Å². The van der Waals surface area contributed by atoms with Crippen LogP contribution < -0.4 is 4.74 Å². The monoisotopic (exact) mass is 436 g/mol. The summed E-state index contributed by atoms with van der Waals surface area (Å²) in [7, 11) is 1.58. The molecule has 1 aliphatic rings. The number of methoxy groups -OCH3 is 1. The number of amides is 1. The molecule has 2 aromatic carbocycles. The lowest BCUT2D eigenvalue weighted by atomic mass is 9.95. The second-order valence-electron chi connectivity index (χ2n) is 8.02. The van der Waals surface area contributed by atoms with Crippen molar-refractivity contribution in [3.05, 3.63) is 70.8 Å². The second kappa shape index (κ2) is 10.5. The van der Waals surface area contributed by atoms with Crippen LogP contribution in [0.1, 0.15) is 43.0 Å². The lowest BCUT2D eigenvalue weighted by Crippen LogP contribution is -2.33. The Hall–Kier alpha value is -3.12. The molecule has 0 radical (unpaired) electrons. The number of rotatable bonds is 9. The van der Waals surface area contributed by atoms with Gasteiger partial charge in [-0.3, -0.25) is 9.59 Å². The van der Waals surface area contributed by atoms with Crippen LogP contribution in [-0.2, 0) is 9.59 Å². The Labute approximate surface area is 190 Å². The Morgan fingerprint density at radius 2 is 1.78 bits per heavy atom. The topological polar surface area (TPSA) is 70.1 Å². The maximum Gasteiger partial charge on any atom is 0.295 e. The van der Waals surface area contributed by atoms with Gasteiger partial charge in [-0.05, 0) is 50.7 Å². The number of nitrogens with zero attached hydrogens (tertiary/aromatic N) is 2. The summed E-state index contributed by atoms with van der Waals surface area (Å²) >= 11 is 0. The van der Waals surface area contributed by atoms with E-state index in [9.17, 15) is 14.7 Å². The Morgan fingerprint density at radius 1 is 1.09 bits per heavy atom. The zero-order chi connectivity index (χ0) is 23.3. The summed E-state index contributed by atoms with van der Waals surface area (Å²) in [5.41, 5.74) is 2.42. The van der Waals surface area contributed by atoms with Crippen LogP contribution in [0.2, 0.25) is 0 Å². The molecule has 0 aromatic heterocycles. The summed E-state index contributed by atoms with van der Waals surface area (Å²) in [6.07, 6.45) is 0.736. The number of carbonyl (C=O) groups is 2. The van der Waals surface area contributed by atoms with Gasteiger partial charge in [0.25, 0.3) is 11.7 Å². The fourth-order valence-corrected chi connectivity index (χ4v) is 4.14. The molecule has 0 saturated carbocycles. The lowest BCUT2D eigenvalue weighted by molar-refractivity contribution is -0.140. The van der Waals surface area contributed by atoms with Crippen LogP contribution in [0.15, 0.2) is 54.1 Å². The van der Waals surface area contributed by atoms with Gasteiger partial charge in [0.15, 0.2) is 0 Å². The lowest BCUT2D eigenvalue weighted by Gasteiger charge is -2.27. The van der Waals surface area contributed by atoms with Crippen LogP contribution >= 0.6 is 0 Å². The number of ketones is 1. The Morgan fingerprint density at radius 3 is 2.41 bits per heavy atom. The summed E-state index contributed by atoms with van der Waals surface area (Å²) in [6, 6.07) is 13.9. The molecule has 1 aliphatic heterocycles. The van der Waals surface area contributed by atoms with Gasteiger partial charge < -0.3 is 19.6 Å². The number of benzene rings is 2. The first-order chi connectivity index (χ1) is 15.4. The molecular weight excluding hydrogens is 404 g/mol. The highest BCUT2D eigenvalue weighted by molar-refractivity contribution is 6.46. The predicted molar refractivity (Wildman–Crippen MR) is 126 cm³/mol. The van der Waals surface area contributed by atoms with Crippen molar-refractivity contribution in [2.24, 2.45) is 0 Å². The predicted octanol–water partition coefficient (Wildman–Crippen LogP) is 4.16. The van der Waals surface area contributed by atoms with Gasteiger partial charge >= 0.3 is 0 Å². The van der Waals surface area contributed by atoms with E-state index < -0.39 is 17.7 Å². The fourth-order valence-electron chi connectivity index (χ4n) is 4.14. The molecule has 1 amide bonds. The van der Waals surface area contributed by atoms with Crippen LogP contribution in [0, 0.1) is 6.92 Å². The van der Waals surface area contributed by atoms with Gasteiger partial charge in [0.1, 0.15) is 11.5 Å². The van der Waals surface area contributed by atoms with E-state index >= 15 is 0 Å². The van der Waals surface area contributed by atoms with E-state index in [-0.39, 0.29) is 11.3 Å². The van der Waals surface area contributed by atoms with E-state index in [0.717, 1.165) is 37.2 Å². The third kappa shape index (κ3) is 4.86. The van der Waals surface area contributed by atoms with Crippen molar-refractivity contribution in [2.45, 2.75) is 33.2 Å². The molecule has 1 saturated heterocycles. The Kier molecular flexibility index (Phi) is 7.70. The van der Waals surface area contributed by atoms with Crippen LogP contribution in [0.4, 0.5) is 0 Å². The number of carbonyl (C=O) groups excluding carboxylic acids is 2. The second-order valence-corrected chi connectivity index (χ2v) is 8.02. The standard InChI is InChI=1S/C26H32N2O4/c1-5-27(6-2)15-8-16-28-23(20-9-7-10-21(17-20)32-4)22(25(30)26(28)31)24(29)19-13-11-18(3)12-14-19/h7,9-14,17,23,29H,5-6,8,15-16H2,1-4H3. The van der Waals surface area contributed by atoms with Crippen molar-refractivity contribution < 1.29 is 19.4 Å². The summed E-state index contributed by atoms with van der Waals surface area (Å²) in [6.45, 7) is 9.28. The SMILES string of the molecule is CCN(CC)CCCN1C(=O)C(=O)C(=C(O)c2ccc(C)cc2)C1c1cccc(OC)c1. The molecule has 1 atom stereocenters. The van der Waals surface area contributed by atoms with E-state index in [1.807, 2.05) is 43.3 Å². The third-order valence-electron chi connectivity index (χ3n) is 6.04. The number of aliphatic hydroxyl groups is 1. The minimum Gasteiger partial charge on any atom is -0.507 e. The number of hydrogen-bond donors (Lipinski definition) is 1. The molecule has 170 valence electrons. The van der Waals surface area contributed by atoms with Crippen molar-refractivity contribution >= 4 is 17.4 Å². The van der Waals surface area contributed by atoms with Crippen molar-refractivity contribution in [3.8, 4) is 5.75 Å². The van der Waals surface area contributed by atoms with E-state index in [4.69, 9.17) is 4.74 Å². The first kappa shape index (κ1) is 23.5. The highest BCUT2D eigenvalue weighted by atomic mass is 16.5.